The average Bonchev–Trinajstić information content (AvgIpc) is 2.27. The molecule has 16 heavy (non-hydrogen) atoms. The molecule has 1 atom stereocenters. The zero-order valence-electron chi connectivity index (χ0n) is 8.84. The molecule has 0 aliphatic rings. The lowest BCUT2D eigenvalue weighted by atomic mass is 10.2. The highest BCUT2D eigenvalue weighted by Crippen LogP contribution is 1.98. The second-order valence-corrected chi connectivity index (χ2v) is 3.22. The molecule has 0 spiro atoms. The molecule has 0 aliphatic carbocycles. The number of nitrogens with one attached hydrogen (secondary N) is 1. The molecule has 5 nitrogen and oxygen atoms in total. The van der Waals surface area contributed by atoms with Crippen LogP contribution >= 0.6 is 0 Å². The summed E-state index contributed by atoms with van der Waals surface area (Å²) in [6, 6.07) is 9.26. The minimum absolute atomic E-state index is 0.312. The topological polar surface area (TPSA) is 75.6 Å². The summed E-state index contributed by atoms with van der Waals surface area (Å²) in [5.41, 5.74) is 0.919. The zero-order valence-corrected chi connectivity index (χ0v) is 8.84. The lowest BCUT2D eigenvalue weighted by Gasteiger charge is -2.09. The third-order valence-corrected chi connectivity index (χ3v) is 1.91. The Morgan fingerprint density at radius 1 is 1.38 bits per heavy atom. The highest BCUT2D eigenvalue weighted by atomic mass is 16.6. The highest BCUT2D eigenvalue weighted by molar-refractivity contribution is 5.76. The van der Waals surface area contributed by atoms with E-state index in [4.69, 9.17) is 5.11 Å². The molecular weight excluding hydrogens is 210 g/mol. The van der Waals surface area contributed by atoms with Crippen LogP contribution in [0.1, 0.15) is 12.5 Å². The highest BCUT2D eigenvalue weighted by Gasteiger charge is 2.15. The Bertz CT molecular complexity index is 364. The van der Waals surface area contributed by atoms with Crippen LogP contribution in [0.2, 0.25) is 0 Å². The predicted molar refractivity (Wildman–Crippen MR) is 56.9 cm³/mol. The van der Waals surface area contributed by atoms with Crippen molar-refractivity contribution in [3.8, 4) is 0 Å². The molecule has 5 heteroatoms. The third-order valence-electron chi connectivity index (χ3n) is 1.91. The summed E-state index contributed by atoms with van der Waals surface area (Å²) in [5, 5.41) is 11.0. The predicted octanol–water partition coefficient (Wildman–Crippen LogP) is 1.39. The lowest BCUT2D eigenvalue weighted by molar-refractivity contribution is -0.145. The Labute approximate surface area is 93.0 Å². The van der Waals surface area contributed by atoms with Crippen LogP contribution in [0.4, 0.5) is 4.79 Å². The minimum Gasteiger partial charge on any atom is -0.479 e. The van der Waals surface area contributed by atoms with E-state index in [0.717, 1.165) is 5.56 Å². The zero-order chi connectivity index (χ0) is 12.0. The summed E-state index contributed by atoms with van der Waals surface area (Å²) in [5.74, 6) is -1.17. The van der Waals surface area contributed by atoms with Crippen LogP contribution < -0.4 is 5.32 Å². The van der Waals surface area contributed by atoms with Gasteiger partial charge in [-0.1, -0.05) is 30.3 Å². The Kier molecular flexibility index (Phi) is 4.32. The van der Waals surface area contributed by atoms with Gasteiger partial charge in [0.2, 0.25) is 0 Å². The minimum atomic E-state index is -1.17. The number of ether oxygens (including phenoxy) is 1. The summed E-state index contributed by atoms with van der Waals surface area (Å²) in [7, 11) is 0. The SMILES string of the molecule is C[C@H](OC(=O)NCc1ccccc1)C(=O)O. The van der Waals surface area contributed by atoms with Crippen molar-refractivity contribution < 1.29 is 19.4 Å². The molecule has 0 bridgehead atoms. The largest absolute Gasteiger partial charge is 0.479 e. The van der Waals surface area contributed by atoms with Crippen molar-refractivity contribution in [1.29, 1.82) is 0 Å². The van der Waals surface area contributed by atoms with Gasteiger partial charge in [-0.25, -0.2) is 9.59 Å². The van der Waals surface area contributed by atoms with Crippen LogP contribution in [0.15, 0.2) is 30.3 Å². The van der Waals surface area contributed by atoms with Gasteiger partial charge in [0.1, 0.15) is 0 Å². The van der Waals surface area contributed by atoms with Gasteiger partial charge in [-0.05, 0) is 12.5 Å². The van der Waals surface area contributed by atoms with Crippen molar-refractivity contribution in [2.75, 3.05) is 0 Å². The molecule has 2 N–H and O–H groups in total. The average molecular weight is 223 g/mol. The van der Waals surface area contributed by atoms with Gasteiger partial charge in [-0.15, -0.1) is 0 Å². The first kappa shape index (κ1) is 12.0. The number of hydrogen-bond acceptors (Lipinski definition) is 3. The maximum Gasteiger partial charge on any atom is 0.408 e. The molecule has 0 saturated carbocycles. The van der Waals surface area contributed by atoms with Gasteiger partial charge in [0.05, 0.1) is 0 Å². The summed E-state index contributed by atoms with van der Waals surface area (Å²) in [6.45, 7) is 1.61. The van der Waals surface area contributed by atoms with Crippen molar-refractivity contribution in [3.63, 3.8) is 0 Å². The van der Waals surface area contributed by atoms with Crippen molar-refractivity contribution >= 4 is 12.1 Å². The molecule has 0 aliphatic heterocycles. The third kappa shape index (κ3) is 4.00. The van der Waals surface area contributed by atoms with Gasteiger partial charge >= 0.3 is 12.1 Å². The Morgan fingerprint density at radius 3 is 2.56 bits per heavy atom. The molecular formula is C11H13NO4. The number of carbonyl (C=O) groups is 2. The van der Waals surface area contributed by atoms with Gasteiger partial charge in [0, 0.05) is 6.54 Å². The number of carboxylic acids is 1. The summed E-state index contributed by atoms with van der Waals surface area (Å²) >= 11 is 0. The van der Waals surface area contributed by atoms with Crippen LogP contribution in [0.5, 0.6) is 0 Å². The first-order valence-corrected chi connectivity index (χ1v) is 4.81. The Balaban J connectivity index is 2.33. The number of aliphatic carboxylic acids is 1. The van der Waals surface area contributed by atoms with Gasteiger partial charge in [0.25, 0.3) is 0 Å². The number of carbonyl (C=O) groups excluding carboxylic acids is 1. The van der Waals surface area contributed by atoms with Gasteiger partial charge in [-0.2, -0.15) is 0 Å². The van der Waals surface area contributed by atoms with E-state index >= 15 is 0 Å². The number of hydrogen-bond donors (Lipinski definition) is 2. The molecule has 1 aromatic rings. The summed E-state index contributed by atoms with van der Waals surface area (Å²) in [4.78, 5) is 21.5. The molecule has 1 amide bonds. The molecule has 0 fully saturated rings. The smallest absolute Gasteiger partial charge is 0.408 e. The van der Waals surface area contributed by atoms with Crippen LogP contribution in [0.25, 0.3) is 0 Å². The van der Waals surface area contributed by atoms with Crippen molar-refractivity contribution in [2.24, 2.45) is 0 Å². The fourth-order valence-electron chi connectivity index (χ4n) is 1.02. The Morgan fingerprint density at radius 2 is 2.00 bits per heavy atom. The van der Waals surface area contributed by atoms with E-state index in [-0.39, 0.29) is 0 Å². The summed E-state index contributed by atoms with van der Waals surface area (Å²) < 4.78 is 4.58. The molecule has 0 heterocycles. The van der Waals surface area contributed by atoms with Crippen molar-refractivity contribution in [3.05, 3.63) is 35.9 Å². The van der Waals surface area contributed by atoms with E-state index in [9.17, 15) is 9.59 Å². The van der Waals surface area contributed by atoms with Gasteiger partial charge in [0.15, 0.2) is 6.10 Å². The van der Waals surface area contributed by atoms with Crippen molar-refractivity contribution in [2.45, 2.75) is 19.6 Å². The Hall–Kier alpha value is -2.04. The van der Waals surface area contributed by atoms with Crippen LogP contribution in [0.3, 0.4) is 0 Å². The van der Waals surface area contributed by atoms with E-state index in [2.05, 4.69) is 10.1 Å². The second kappa shape index (κ2) is 5.75. The maximum atomic E-state index is 11.1. The van der Waals surface area contributed by atoms with Crippen LogP contribution in [0, 0.1) is 0 Å². The lowest BCUT2D eigenvalue weighted by Crippen LogP contribution is -2.31. The monoisotopic (exact) mass is 223 g/mol. The maximum absolute atomic E-state index is 11.1. The molecule has 1 rings (SSSR count). The quantitative estimate of drug-likeness (QED) is 0.808. The normalized spacial score (nSPS) is 11.6. The molecule has 1 aromatic carbocycles. The van der Waals surface area contributed by atoms with E-state index in [0.29, 0.717) is 6.54 Å². The van der Waals surface area contributed by atoms with Crippen molar-refractivity contribution in [1.82, 2.24) is 5.32 Å². The first-order valence-electron chi connectivity index (χ1n) is 4.81. The van der Waals surface area contributed by atoms with Crippen LogP contribution in [-0.4, -0.2) is 23.3 Å². The molecule has 0 aromatic heterocycles. The van der Waals surface area contributed by atoms with E-state index in [1.54, 1.807) is 0 Å². The number of carboxylic acid groups (broad SMARTS) is 1. The van der Waals surface area contributed by atoms with Crippen LogP contribution in [-0.2, 0) is 16.1 Å². The number of amides is 1. The molecule has 0 radical (unpaired) electrons. The molecule has 0 saturated heterocycles. The van der Waals surface area contributed by atoms with E-state index < -0.39 is 18.2 Å². The molecule has 0 unspecified atom stereocenters. The number of rotatable bonds is 4. The molecule has 86 valence electrons. The van der Waals surface area contributed by atoms with Gasteiger partial charge in [-0.3, -0.25) is 0 Å². The van der Waals surface area contributed by atoms with Gasteiger partial charge < -0.3 is 15.2 Å². The first-order chi connectivity index (χ1) is 7.59. The fraction of sp³-hybridized carbons (Fsp3) is 0.273. The number of alkyl carbamates (subject to hydrolysis) is 1. The fourth-order valence-corrected chi connectivity index (χ4v) is 1.02. The number of benzene rings is 1. The van der Waals surface area contributed by atoms with E-state index in [1.165, 1.54) is 6.92 Å². The second-order valence-electron chi connectivity index (χ2n) is 3.22. The van der Waals surface area contributed by atoms with E-state index in [1.807, 2.05) is 30.3 Å². The standard InChI is InChI=1S/C11H13NO4/c1-8(10(13)14)16-11(15)12-7-9-5-3-2-4-6-9/h2-6,8H,7H2,1H3,(H,12,15)(H,13,14)/t8-/m0/s1. The summed E-state index contributed by atoms with van der Waals surface area (Å²) in [6.07, 6.45) is -1.88.